The van der Waals surface area contributed by atoms with E-state index in [1.807, 2.05) is 5.51 Å². The van der Waals surface area contributed by atoms with Crippen LogP contribution in [0.3, 0.4) is 0 Å². The molecule has 2 aliphatic carbocycles. The Balaban J connectivity index is 1.47. The second kappa shape index (κ2) is 4.78. The smallest absolute Gasteiger partial charge is 0.0813 e. The van der Waals surface area contributed by atoms with Crippen molar-refractivity contribution in [2.45, 2.75) is 44.6 Å². The van der Waals surface area contributed by atoms with Gasteiger partial charge in [0.1, 0.15) is 0 Å². The van der Waals surface area contributed by atoms with Gasteiger partial charge in [-0.05, 0) is 55.7 Å². The Morgan fingerprint density at radius 2 is 2.05 bits per heavy atom. The van der Waals surface area contributed by atoms with Crippen molar-refractivity contribution >= 4 is 27.2 Å². The highest BCUT2D eigenvalue weighted by atomic mass is 32.1. The second-order valence-electron chi connectivity index (χ2n) is 6.14. The Bertz CT molecular complexity index is 573. The molecule has 100 valence electrons. The van der Waals surface area contributed by atoms with E-state index in [0.717, 1.165) is 17.4 Å². The zero-order valence-electron chi connectivity index (χ0n) is 11.1. The van der Waals surface area contributed by atoms with Crippen LogP contribution in [-0.2, 0) is 0 Å². The molecule has 0 saturated heterocycles. The number of fused-ring (bicyclic) bond motifs is 1. The average molecular weight is 272 g/mol. The third kappa shape index (κ3) is 2.48. The number of rotatable bonds is 3. The van der Waals surface area contributed by atoms with Gasteiger partial charge in [-0.2, -0.15) is 0 Å². The molecule has 1 N–H and O–H groups in total. The van der Waals surface area contributed by atoms with E-state index in [2.05, 4.69) is 28.5 Å². The van der Waals surface area contributed by atoms with Crippen LogP contribution >= 0.6 is 11.3 Å². The molecule has 0 amide bonds. The van der Waals surface area contributed by atoms with E-state index >= 15 is 0 Å². The number of thiazole rings is 1. The van der Waals surface area contributed by atoms with Gasteiger partial charge in [0, 0.05) is 11.7 Å². The highest BCUT2D eigenvalue weighted by molar-refractivity contribution is 7.16. The van der Waals surface area contributed by atoms with Crippen LogP contribution in [0.5, 0.6) is 0 Å². The summed E-state index contributed by atoms with van der Waals surface area (Å²) in [6.07, 6.45) is 8.57. The van der Waals surface area contributed by atoms with Crippen LogP contribution in [-0.4, -0.2) is 11.0 Å². The van der Waals surface area contributed by atoms with E-state index in [-0.39, 0.29) is 0 Å². The molecule has 0 spiro atoms. The lowest BCUT2D eigenvalue weighted by Crippen LogP contribution is -2.28. The fraction of sp³-hybridized carbons (Fsp3) is 0.562. The maximum Gasteiger partial charge on any atom is 0.0813 e. The van der Waals surface area contributed by atoms with Gasteiger partial charge in [-0.15, -0.1) is 11.3 Å². The molecule has 2 aliphatic rings. The molecule has 0 bridgehead atoms. The van der Waals surface area contributed by atoms with Crippen LogP contribution in [0.25, 0.3) is 10.2 Å². The summed E-state index contributed by atoms with van der Waals surface area (Å²) in [5, 5.41) is 3.75. The van der Waals surface area contributed by atoms with Crippen molar-refractivity contribution < 1.29 is 0 Å². The van der Waals surface area contributed by atoms with Gasteiger partial charge in [-0.1, -0.05) is 12.8 Å². The zero-order valence-corrected chi connectivity index (χ0v) is 12.0. The van der Waals surface area contributed by atoms with Crippen molar-refractivity contribution in [2.75, 3.05) is 5.32 Å². The maximum absolute atomic E-state index is 4.34. The minimum absolute atomic E-state index is 0.685. The summed E-state index contributed by atoms with van der Waals surface area (Å²) in [6, 6.07) is 7.26. The predicted molar refractivity (Wildman–Crippen MR) is 81.7 cm³/mol. The van der Waals surface area contributed by atoms with Crippen molar-refractivity contribution in [2.24, 2.45) is 11.8 Å². The summed E-state index contributed by atoms with van der Waals surface area (Å²) in [7, 11) is 0. The number of benzene rings is 1. The highest BCUT2D eigenvalue weighted by Crippen LogP contribution is 2.44. The summed E-state index contributed by atoms with van der Waals surface area (Å²) in [5.74, 6) is 2.06. The SMILES string of the molecule is c1nc2ccc(NC3CCCC(C4CC4)C3)cc2s1. The van der Waals surface area contributed by atoms with Gasteiger partial charge < -0.3 is 5.32 Å². The average Bonchev–Trinajstić information content (AvgIpc) is 3.18. The number of nitrogens with zero attached hydrogens (tertiary/aromatic N) is 1. The number of nitrogens with one attached hydrogen (secondary N) is 1. The van der Waals surface area contributed by atoms with Crippen molar-refractivity contribution in [1.82, 2.24) is 4.98 Å². The van der Waals surface area contributed by atoms with Gasteiger partial charge in [-0.25, -0.2) is 4.98 Å². The minimum atomic E-state index is 0.685. The Labute approximate surface area is 118 Å². The molecule has 2 unspecified atom stereocenters. The largest absolute Gasteiger partial charge is 0.382 e. The van der Waals surface area contributed by atoms with Crippen LogP contribution in [0.2, 0.25) is 0 Å². The Kier molecular flexibility index (Phi) is 2.95. The summed E-state index contributed by atoms with van der Waals surface area (Å²) in [6.45, 7) is 0. The van der Waals surface area contributed by atoms with Gasteiger partial charge in [-0.3, -0.25) is 0 Å². The molecule has 2 atom stereocenters. The molecule has 1 heterocycles. The molecule has 1 aromatic heterocycles. The summed E-state index contributed by atoms with van der Waals surface area (Å²) in [5.41, 5.74) is 4.33. The van der Waals surface area contributed by atoms with Gasteiger partial charge >= 0.3 is 0 Å². The molecule has 0 radical (unpaired) electrons. The Morgan fingerprint density at radius 3 is 2.95 bits per heavy atom. The van der Waals surface area contributed by atoms with Crippen molar-refractivity contribution in [3.8, 4) is 0 Å². The van der Waals surface area contributed by atoms with Crippen LogP contribution in [0.4, 0.5) is 5.69 Å². The van der Waals surface area contributed by atoms with Gasteiger partial charge in [0.2, 0.25) is 0 Å². The maximum atomic E-state index is 4.34. The van der Waals surface area contributed by atoms with E-state index in [4.69, 9.17) is 0 Å². The lowest BCUT2D eigenvalue weighted by Gasteiger charge is -2.30. The first-order valence-electron chi connectivity index (χ1n) is 7.48. The molecule has 2 nitrogen and oxygen atoms in total. The highest BCUT2D eigenvalue weighted by Gasteiger charge is 2.34. The molecule has 3 heteroatoms. The first-order chi connectivity index (χ1) is 9.38. The molecule has 4 rings (SSSR count). The predicted octanol–water partition coefficient (Wildman–Crippen LogP) is 4.68. The first-order valence-corrected chi connectivity index (χ1v) is 8.36. The van der Waals surface area contributed by atoms with E-state index in [1.54, 1.807) is 11.3 Å². The zero-order chi connectivity index (χ0) is 12.7. The van der Waals surface area contributed by atoms with E-state index in [1.165, 1.54) is 48.9 Å². The summed E-state index contributed by atoms with van der Waals surface area (Å²) < 4.78 is 1.29. The van der Waals surface area contributed by atoms with Gasteiger partial charge in [0.15, 0.2) is 0 Å². The van der Waals surface area contributed by atoms with Crippen LogP contribution in [0, 0.1) is 11.8 Å². The first kappa shape index (κ1) is 11.7. The lowest BCUT2D eigenvalue weighted by atomic mass is 9.82. The van der Waals surface area contributed by atoms with Gasteiger partial charge in [0.25, 0.3) is 0 Å². The molecule has 2 fully saturated rings. The Morgan fingerprint density at radius 1 is 1.11 bits per heavy atom. The fourth-order valence-electron chi connectivity index (χ4n) is 3.54. The normalized spacial score (nSPS) is 27.6. The minimum Gasteiger partial charge on any atom is -0.382 e. The van der Waals surface area contributed by atoms with E-state index in [9.17, 15) is 0 Å². The molecule has 2 aromatic rings. The fourth-order valence-corrected chi connectivity index (χ4v) is 4.25. The van der Waals surface area contributed by atoms with Crippen molar-refractivity contribution in [1.29, 1.82) is 0 Å². The molecular formula is C16H20N2S. The van der Waals surface area contributed by atoms with Gasteiger partial charge in [0.05, 0.1) is 15.7 Å². The third-order valence-electron chi connectivity index (χ3n) is 4.71. The lowest BCUT2D eigenvalue weighted by molar-refractivity contribution is 0.303. The standard InChI is InChI=1S/C16H20N2S/c1-2-12(11-4-5-11)8-13(3-1)18-14-6-7-15-16(9-14)19-10-17-15/h6-7,9-13,18H,1-5,8H2. The number of anilines is 1. The molecule has 0 aliphatic heterocycles. The molecule has 19 heavy (non-hydrogen) atoms. The van der Waals surface area contributed by atoms with Crippen LogP contribution < -0.4 is 5.32 Å². The monoisotopic (exact) mass is 272 g/mol. The van der Waals surface area contributed by atoms with E-state index in [0.29, 0.717) is 6.04 Å². The molecule has 2 saturated carbocycles. The Hall–Kier alpha value is -1.09. The number of hydrogen-bond acceptors (Lipinski definition) is 3. The second-order valence-corrected chi connectivity index (χ2v) is 7.03. The molecular weight excluding hydrogens is 252 g/mol. The van der Waals surface area contributed by atoms with Crippen molar-refractivity contribution in [3.63, 3.8) is 0 Å². The number of aromatic nitrogens is 1. The molecule has 1 aromatic carbocycles. The third-order valence-corrected chi connectivity index (χ3v) is 5.50. The van der Waals surface area contributed by atoms with Crippen LogP contribution in [0.15, 0.2) is 23.7 Å². The van der Waals surface area contributed by atoms with Crippen LogP contribution in [0.1, 0.15) is 38.5 Å². The summed E-state index contributed by atoms with van der Waals surface area (Å²) >= 11 is 1.73. The summed E-state index contributed by atoms with van der Waals surface area (Å²) in [4.78, 5) is 4.34. The van der Waals surface area contributed by atoms with E-state index < -0.39 is 0 Å². The quantitative estimate of drug-likeness (QED) is 0.877. The van der Waals surface area contributed by atoms with Crippen molar-refractivity contribution in [3.05, 3.63) is 23.7 Å². The topological polar surface area (TPSA) is 24.9 Å². The number of hydrogen-bond donors (Lipinski definition) is 1.